The molecule has 0 spiro atoms. The van der Waals surface area contributed by atoms with E-state index in [0.29, 0.717) is 5.78 Å². The molecule has 0 radical (unpaired) electrons. The first-order valence-corrected chi connectivity index (χ1v) is 5.50. The number of hydrogen-bond acceptors (Lipinski definition) is 3. The number of rotatable bonds is 1. The SMILES string of the molecule is Cc1cc(C)n2c(-c3ccccc3)nnc2n1. The van der Waals surface area contributed by atoms with Gasteiger partial charge < -0.3 is 0 Å². The van der Waals surface area contributed by atoms with Gasteiger partial charge in [-0.3, -0.25) is 4.40 Å². The molecule has 1 aromatic carbocycles. The van der Waals surface area contributed by atoms with Crippen molar-refractivity contribution in [3.05, 3.63) is 47.8 Å². The van der Waals surface area contributed by atoms with Crippen LogP contribution in [0, 0.1) is 13.8 Å². The molecule has 4 heteroatoms. The largest absolute Gasteiger partial charge is 0.264 e. The van der Waals surface area contributed by atoms with Crippen molar-refractivity contribution in [2.45, 2.75) is 13.8 Å². The van der Waals surface area contributed by atoms with Crippen molar-refractivity contribution in [1.82, 2.24) is 19.6 Å². The van der Waals surface area contributed by atoms with Crippen molar-refractivity contribution in [1.29, 1.82) is 0 Å². The Hall–Kier alpha value is -2.23. The Labute approximate surface area is 99.0 Å². The minimum Gasteiger partial charge on any atom is -0.264 e. The number of aromatic nitrogens is 4. The second kappa shape index (κ2) is 3.66. The maximum atomic E-state index is 4.37. The quantitative estimate of drug-likeness (QED) is 0.637. The van der Waals surface area contributed by atoms with Crippen molar-refractivity contribution >= 4 is 5.78 Å². The van der Waals surface area contributed by atoms with E-state index in [-0.39, 0.29) is 0 Å². The summed E-state index contributed by atoms with van der Waals surface area (Å²) in [5.74, 6) is 1.49. The highest BCUT2D eigenvalue weighted by atomic mass is 15.3. The second-order valence-electron chi connectivity index (χ2n) is 4.06. The molecule has 17 heavy (non-hydrogen) atoms. The second-order valence-corrected chi connectivity index (χ2v) is 4.06. The zero-order valence-corrected chi connectivity index (χ0v) is 9.75. The van der Waals surface area contributed by atoms with E-state index in [2.05, 4.69) is 15.2 Å². The van der Waals surface area contributed by atoms with Crippen LogP contribution < -0.4 is 0 Å². The Morgan fingerprint density at radius 3 is 2.53 bits per heavy atom. The van der Waals surface area contributed by atoms with Crippen LogP contribution in [0.5, 0.6) is 0 Å². The Morgan fingerprint density at radius 2 is 1.76 bits per heavy atom. The van der Waals surface area contributed by atoms with E-state index in [4.69, 9.17) is 0 Å². The lowest BCUT2D eigenvalue weighted by Crippen LogP contribution is -1.98. The number of aryl methyl sites for hydroxylation is 2. The van der Waals surface area contributed by atoms with Gasteiger partial charge in [0.1, 0.15) is 0 Å². The summed E-state index contributed by atoms with van der Waals surface area (Å²) in [6.07, 6.45) is 0. The van der Waals surface area contributed by atoms with Crippen LogP contribution in [0.1, 0.15) is 11.4 Å². The standard InChI is InChI=1S/C13H12N4/c1-9-8-10(2)17-12(15-16-13(17)14-9)11-6-4-3-5-7-11/h3-8H,1-2H3. The summed E-state index contributed by atoms with van der Waals surface area (Å²) < 4.78 is 1.97. The van der Waals surface area contributed by atoms with E-state index < -0.39 is 0 Å². The van der Waals surface area contributed by atoms with Crippen molar-refractivity contribution in [3.63, 3.8) is 0 Å². The fourth-order valence-corrected chi connectivity index (χ4v) is 2.00. The Morgan fingerprint density at radius 1 is 1.00 bits per heavy atom. The zero-order valence-electron chi connectivity index (χ0n) is 9.75. The normalized spacial score (nSPS) is 10.9. The average molecular weight is 224 g/mol. The van der Waals surface area contributed by atoms with Crippen LogP contribution in [-0.4, -0.2) is 19.6 Å². The van der Waals surface area contributed by atoms with E-state index >= 15 is 0 Å². The van der Waals surface area contributed by atoms with E-state index in [9.17, 15) is 0 Å². The number of benzene rings is 1. The minimum atomic E-state index is 0.654. The van der Waals surface area contributed by atoms with Crippen LogP contribution in [-0.2, 0) is 0 Å². The van der Waals surface area contributed by atoms with Crippen molar-refractivity contribution in [2.75, 3.05) is 0 Å². The van der Waals surface area contributed by atoms with Crippen molar-refractivity contribution in [2.24, 2.45) is 0 Å². The van der Waals surface area contributed by atoms with Gasteiger partial charge in [0.25, 0.3) is 5.78 Å². The smallest absolute Gasteiger partial charge is 0.255 e. The highest BCUT2D eigenvalue weighted by Crippen LogP contribution is 2.18. The third kappa shape index (κ3) is 1.58. The molecule has 0 aliphatic carbocycles. The minimum absolute atomic E-state index is 0.654. The maximum absolute atomic E-state index is 4.37. The zero-order chi connectivity index (χ0) is 11.8. The molecule has 3 rings (SSSR count). The highest BCUT2D eigenvalue weighted by molar-refractivity contribution is 5.58. The van der Waals surface area contributed by atoms with Gasteiger partial charge in [-0.1, -0.05) is 30.3 Å². The summed E-state index contributed by atoms with van der Waals surface area (Å²) in [5.41, 5.74) is 3.10. The first-order valence-electron chi connectivity index (χ1n) is 5.50. The molecule has 0 saturated heterocycles. The Bertz CT molecular complexity index is 670. The summed E-state index contributed by atoms with van der Waals surface area (Å²) in [7, 11) is 0. The lowest BCUT2D eigenvalue weighted by Gasteiger charge is -2.03. The monoisotopic (exact) mass is 224 g/mol. The lowest BCUT2D eigenvalue weighted by molar-refractivity contribution is 1.02. The van der Waals surface area contributed by atoms with E-state index in [1.807, 2.05) is 54.6 Å². The number of hydrogen-bond donors (Lipinski definition) is 0. The molecule has 2 heterocycles. The third-order valence-electron chi connectivity index (χ3n) is 2.72. The van der Waals surface area contributed by atoms with Crippen LogP contribution >= 0.6 is 0 Å². The van der Waals surface area contributed by atoms with Gasteiger partial charge in [-0.25, -0.2) is 4.98 Å². The van der Waals surface area contributed by atoms with Gasteiger partial charge in [0.15, 0.2) is 5.82 Å². The van der Waals surface area contributed by atoms with Gasteiger partial charge in [-0.2, -0.15) is 0 Å². The lowest BCUT2D eigenvalue weighted by atomic mass is 10.2. The molecule has 2 aromatic heterocycles. The van der Waals surface area contributed by atoms with E-state index in [0.717, 1.165) is 22.8 Å². The number of nitrogens with zero attached hydrogens (tertiary/aromatic N) is 4. The maximum Gasteiger partial charge on any atom is 0.255 e. The molecule has 84 valence electrons. The van der Waals surface area contributed by atoms with Crippen LogP contribution in [0.15, 0.2) is 36.4 Å². The van der Waals surface area contributed by atoms with Gasteiger partial charge in [0.05, 0.1) is 0 Å². The molecule has 0 aliphatic heterocycles. The van der Waals surface area contributed by atoms with Gasteiger partial charge in [0, 0.05) is 17.0 Å². The third-order valence-corrected chi connectivity index (χ3v) is 2.72. The predicted octanol–water partition coefficient (Wildman–Crippen LogP) is 2.41. The molecule has 0 amide bonds. The first-order chi connectivity index (χ1) is 8.25. The molecule has 0 aliphatic rings. The summed E-state index contributed by atoms with van der Waals surface area (Å²) in [6.45, 7) is 4.00. The predicted molar refractivity (Wildman–Crippen MR) is 65.7 cm³/mol. The van der Waals surface area contributed by atoms with Crippen LogP contribution in [0.3, 0.4) is 0 Å². The van der Waals surface area contributed by atoms with Gasteiger partial charge in [0.2, 0.25) is 0 Å². The van der Waals surface area contributed by atoms with E-state index in [1.54, 1.807) is 0 Å². The molecule has 0 bridgehead atoms. The molecule has 0 saturated carbocycles. The Kier molecular flexibility index (Phi) is 2.14. The molecule has 0 atom stereocenters. The topological polar surface area (TPSA) is 43.1 Å². The van der Waals surface area contributed by atoms with Gasteiger partial charge >= 0.3 is 0 Å². The molecule has 4 nitrogen and oxygen atoms in total. The fraction of sp³-hybridized carbons (Fsp3) is 0.154. The molecule has 0 N–H and O–H groups in total. The van der Waals surface area contributed by atoms with Crippen molar-refractivity contribution in [3.8, 4) is 11.4 Å². The van der Waals surface area contributed by atoms with Gasteiger partial charge in [-0.05, 0) is 19.9 Å². The van der Waals surface area contributed by atoms with Crippen LogP contribution in [0.2, 0.25) is 0 Å². The highest BCUT2D eigenvalue weighted by Gasteiger charge is 2.10. The summed E-state index contributed by atoms with van der Waals surface area (Å²) in [6, 6.07) is 12.1. The van der Waals surface area contributed by atoms with Gasteiger partial charge in [-0.15, -0.1) is 10.2 Å². The van der Waals surface area contributed by atoms with Crippen LogP contribution in [0.4, 0.5) is 0 Å². The molecule has 3 aromatic rings. The summed E-state index contributed by atoms with van der Waals surface area (Å²) >= 11 is 0. The van der Waals surface area contributed by atoms with E-state index in [1.165, 1.54) is 0 Å². The molecular formula is C13H12N4. The van der Waals surface area contributed by atoms with Crippen molar-refractivity contribution < 1.29 is 0 Å². The fourth-order valence-electron chi connectivity index (χ4n) is 2.00. The first kappa shape index (κ1) is 9.96. The Balaban J connectivity index is 2.32. The molecular weight excluding hydrogens is 212 g/mol. The number of fused-ring (bicyclic) bond motifs is 1. The average Bonchev–Trinajstić information content (AvgIpc) is 2.74. The molecule has 0 unspecified atom stereocenters. The van der Waals surface area contributed by atoms with Crippen LogP contribution in [0.25, 0.3) is 17.2 Å². The molecule has 0 fully saturated rings. The summed E-state index contributed by atoms with van der Waals surface area (Å²) in [5, 5.41) is 8.34. The summed E-state index contributed by atoms with van der Waals surface area (Å²) in [4.78, 5) is 4.37.